The standard InChI is InChI=1S/C23H30N4O2/c1-18-7-4-8-19(15-18)17-26-12-6-13-27(23(26)29)21-10-5-9-20(16-21)22(28)24-11-14-25(2)3/h4-5,7-10,15-16H,6,11-14,17H2,1-3H3,(H,24,28). The Kier molecular flexibility index (Phi) is 6.88. The van der Waals surface area contributed by atoms with Crippen LogP contribution < -0.4 is 10.2 Å². The van der Waals surface area contributed by atoms with Crippen LogP contribution in [0.5, 0.6) is 0 Å². The van der Waals surface area contributed by atoms with Crippen LogP contribution in [0.25, 0.3) is 0 Å². The minimum Gasteiger partial charge on any atom is -0.351 e. The molecule has 0 aliphatic carbocycles. The maximum Gasteiger partial charge on any atom is 0.324 e. The van der Waals surface area contributed by atoms with Gasteiger partial charge in [0.25, 0.3) is 5.91 Å². The van der Waals surface area contributed by atoms with E-state index in [2.05, 4.69) is 30.4 Å². The lowest BCUT2D eigenvalue weighted by molar-refractivity contribution is 0.0951. The van der Waals surface area contributed by atoms with Gasteiger partial charge in [-0.3, -0.25) is 9.69 Å². The average molecular weight is 395 g/mol. The summed E-state index contributed by atoms with van der Waals surface area (Å²) >= 11 is 0. The lowest BCUT2D eigenvalue weighted by atomic mass is 10.1. The highest BCUT2D eigenvalue weighted by atomic mass is 16.2. The normalized spacial score (nSPS) is 14.4. The van der Waals surface area contributed by atoms with Gasteiger partial charge in [0.15, 0.2) is 0 Å². The molecule has 1 fully saturated rings. The number of nitrogens with zero attached hydrogens (tertiary/aromatic N) is 3. The number of urea groups is 1. The van der Waals surface area contributed by atoms with Crippen LogP contribution in [0.4, 0.5) is 10.5 Å². The minimum absolute atomic E-state index is 0.0112. The van der Waals surface area contributed by atoms with E-state index in [1.54, 1.807) is 17.0 Å². The first kappa shape index (κ1) is 20.9. The SMILES string of the molecule is Cc1cccc(CN2CCCN(c3cccc(C(=O)NCCN(C)C)c3)C2=O)c1. The van der Waals surface area contributed by atoms with Crippen molar-refractivity contribution < 1.29 is 9.59 Å². The summed E-state index contributed by atoms with van der Waals surface area (Å²) < 4.78 is 0. The van der Waals surface area contributed by atoms with E-state index in [1.165, 1.54) is 5.56 Å². The van der Waals surface area contributed by atoms with Crippen LogP contribution in [-0.4, -0.2) is 62.0 Å². The van der Waals surface area contributed by atoms with Gasteiger partial charge in [0.05, 0.1) is 0 Å². The molecule has 0 atom stereocenters. The summed E-state index contributed by atoms with van der Waals surface area (Å²) in [6.45, 7) is 5.43. The lowest BCUT2D eigenvalue weighted by Gasteiger charge is -2.36. The summed E-state index contributed by atoms with van der Waals surface area (Å²) in [5, 5.41) is 2.92. The van der Waals surface area contributed by atoms with Crippen LogP contribution in [-0.2, 0) is 6.54 Å². The van der Waals surface area contributed by atoms with Gasteiger partial charge in [-0.1, -0.05) is 35.9 Å². The Morgan fingerprint density at radius 1 is 1.10 bits per heavy atom. The van der Waals surface area contributed by atoms with E-state index in [-0.39, 0.29) is 11.9 Å². The molecule has 3 amide bonds. The van der Waals surface area contributed by atoms with Gasteiger partial charge in [-0.05, 0) is 51.2 Å². The molecular formula is C23H30N4O2. The fourth-order valence-electron chi connectivity index (χ4n) is 3.51. The van der Waals surface area contributed by atoms with Crippen molar-refractivity contribution in [3.8, 4) is 0 Å². The fraction of sp³-hybridized carbons (Fsp3) is 0.391. The van der Waals surface area contributed by atoms with E-state index in [0.717, 1.165) is 30.8 Å². The molecule has 0 spiro atoms. The number of hydrogen-bond donors (Lipinski definition) is 1. The van der Waals surface area contributed by atoms with Crippen molar-refractivity contribution in [2.24, 2.45) is 0 Å². The highest BCUT2D eigenvalue weighted by molar-refractivity contribution is 5.98. The number of anilines is 1. The molecule has 2 aromatic rings. The molecule has 1 heterocycles. The molecule has 29 heavy (non-hydrogen) atoms. The first-order chi connectivity index (χ1) is 13.9. The molecule has 0 aromatic heterocycles. The number of nitrogens with one attached hydrogen (secondary N) is 1. The number of carbonyl (C=O) groups excluding carboxylic acids is 2. The number of rotatable bonds is 7. The van der Waals surface area contributed by atoms with Crippen molar-refractivity contribution in [3.05, 3.63) is 65.2 Å². The summed E-state index contributed by atoms with van der Waals surface area (Å²) in [5.74, 6) is -0.116. The molecule has 1 aliphatic heterocycles. The number of hydrogen-bond acceptors (Lipinski definition) is 3. The molecule has 6 nitrogen and oxygen atoms in total. The van der Waals surface area contributed by atoms with Crippen molar-refractivity contribution in [1.29, 1.82) is 0 Å². The molecule has 0 radical (unpaired) electrons. The van der Waals surface area contributed by atoms with Crippen LogP contribution in [0, 0.1) is 6.92 Å². The second kappa shape index (κ2) is 9.56. The van der Waals surface area contributed by atoms with E-state index in [1.807, 2.05) is 42.1 Å². The number of carbonyl (C=O) groups is 2. The van der Waals surface area contributed by atoms with Gasteiger partial charge in [-0.2, -0.15) is 0 Å². The molecule has 0 unspecified atom stereocenters. The maximum atomic E-state index is 13.1. The van der Waals surface area contributed by atoms with Crippen molar-refractivity contribution in [2.75, 3.05) is 45.2 Å². The van der Waals surface area contributed by atoms with Gasteiger partial charge in [-0.15, -0.1) is 0 Å². The summed E-state index contributed by atoms with van der Waals surface area (Å²) in [6.07, 6.45) is 0.900. The largest absolute Gasteiger partial charge is 0.351 e. The van der Waals surface area contributed by atoms with Crippen LogP contribution in [0.1, 0.15) is 27.9 Å². The van der Waals surface area contributed by atoms with Gasteiger partial charge in [0, 0.05) is 44.0 Å². The molecule has 1 saturated heterocycles. The number of aryl methyl sites for hydroxylation is 1. The Morgan fingerprint density at radius 3 is 2.66 bits per heavy atom. The molecule has 1 N–H and O–H groups in total. The van der Waals surface area contributed by atoms with Crippen molar-refractivity contribution in [2.45, 2.75) is 19.9 Å². The van der Waals surface area contributed by atoms with Gasteiger partial charge in [-0.25, -0.2) is 4.79 Å². The predicted molar refractivity (Wildman–Crippen MR) is 116 cm³/mol. The van der Waals surface area contributed by atoms with E-state index >= 15 is 0 Å². The van der Waals surface area contributed by atoms with Gasteiger partial charge in [0.2, 0.25) is 0 Å². The third kappa shape index (κ3) is 5.57. The predicted octanol–water partition coefficient (Wildman–Crippen LogP) is 3.12. The second-order valence-electron chi connectivity index (χ2n) is 7.81. The van der Waals surface area contributed by atoms with Crippen LogP contribution in [0.3, 0.4) is 0 Å². The van der Waals surface area contributed by atoms with E-state index in [9.17, 15) is 9.59 Å². The highest BCUT2D eigenvalue weighted by Gasteiger charge is 2.27. The van der Waals surface area contributed by atoms with Crippen molar-refractivity contribution >= 4 is 17.6 Å². The van der Waals surface area contributed by atoms with Crippen molar-refractivity contribution in [3.63, 3.8) is 0 Å². The second-order valence-corrected chi connectivity index (χ2v) is 7.81. The number of benzene rings is 2. The number of likely N-dealkylation sites (N-methyl/N-ethyl adjacent to an activating group) is 1. The Labute approximate surface area is 173 Å². The highest BCUT2D eigenvalue weighted by Crippen LogP contribution is 2.23. The van der Waals surface area contributed by atoms with Gasteiger partial charge >= 0.3 is 6.03 Å². The van der Waals surface area contributed by atoms with E-state index in [4.69, 9.17) is 0 Å². The van der Waals surface area contributed by atoms with Crippen LogP contribution >= 0.6 is 0 Å². The Hall–Kier alpha value is -2.86. The summed E-state index contributed by atoms with van der Waals surface area (Å²) in [6, 6.07) is 15.6. The summed E-state index contributed by atoms with van der Waals surface area (Å²) in [4.78, 5) is 31.2. The topological polar surface area (TPSA) is 55.9 Å². The zero-order valence-corrected chi connectivity index (χ0v) is 17.5. The maximum absolute atomic E-state index is 13.1. The molecule has 2 aromatic carbocycles. The van der Waals surface area contributed by atoms with E-state index < -0.39 is 0 Å². The molecule has 154 valence electrons. The first-order valence-corrected chi connectivity index (χ1v) is 10.1. The Balaban J connectivity index is 1.69. The smallest absolute Gasteiger partial charge is 0.324 e. The molecule has 3 rings (SSSR count). The summed E-state index contributed by atoms with van der Waals surface area (Å²) in [7, 11) is 3.94. The van der Waals surface area contributed by atoms with Crippen LogP contribution in [0.2, 0.25) is 0 Å². The molecular weight excluding hydrogens is 364 g/mol. The molecule has 1 aliphatic rings. The molecule has 0 bridgehead atoms. The number of amides is 3. The fourth-order valence-corrected chi connectivity index (χ4v) is 3.51. The zero-order chi connectivity index (χ0) is 20.8. The summed E-state index contributed by atoms with van der Waals surface area (Å²) in [5.41, 5.74) is 3.67. The average Bonchev–Trinajstić information content (AvgIpc) is 2.69. The van der Waals surface area contributed by atoms with Crippen LogP contribution in [0.15, 0.2) is 48.5 Å². The quantitative estimate of drug-likeness (QED) is 0.785. The third-order valence-electron chi connectivity index (χ3n) is 5.03. The Bertz CT molecular complexity index is 865. The van der Waals surface area contributed by atoms with Gasteiger partial charge in [0.1, 0.15) is 0 Å². The Morgan fingerprint density at radius 2 is 1.90 bits per heavy atom. The molecule has 0 saturated carbocycles. The first-order valence-electron chi connectivity index (χ1n) is 10.1. The van der Waals surface area contributed by atoms with E-state index in [0.29, 0.717) is 25.2 Å². The lowest BCUT2D eigenvalue weighted by Crippen LogP contribution is -2.49. The van der Waals surface area contributed by atoms with Gasteiger partial charge < -0.3 is 15.1 Å². The minimum atomic E-state index is -0.116. The zero-order valence-electron chi connectivity index (χ0n) is 17.5. The monoisotopic (exact) mass is 394 g/mol. The third-order valence-corrected chi connectivity index (χ3v) is 5.03. The van der Waals surface area contributed by atoms with Crippen molar-refractivity contribution in [1.82, 2.24) is 15.1 Å². The molecule has 6 heteroatoms.